The molecule has 5 rings (SSSR count). The molecule has 4 aliphatic rings. The molecule has 7 nitrogen and oxygen atoms in total. The van der Waals surface area contributed by atoms with Crippen LogP contribution in [0, 0.1) is 11.8 Å². The quantitative estimate of drug-likeness (QED) is 0.448. The van der Waals surface area contributed by atoms with Crippen molar-refractivity contribution in [2.75, 3.05) is 19.8 Å². The van der Waals surface area contributed by atoms with Crippen LogP contribution in [0.2, 0.25) is 0 Å². The van der Waals surface area contributed by atoms with Gasteiger partial charge in [0.05, 0.1) is 29.2 Å². The summed E-state index contributed by atoms with van der Waals surface area (Å²) < 4.78 is 4.54. The topological polar surface area (TPSA) is 87.2 Å². The lowest BCUT2D eigenvalue weighted by atomic mass is 9.78. The van der Waals surface area contributed by atoms with Gasteiger partial charge in [0.15, 0.2) is 0 Å². The van der Waals surface area contributed by atoms with Crippen molar-refractivity contribution < 1.29 is 24.2 Å². The first kappa shape index (κ1) is 25.1. The summed E-state index contributed by atoms with van der Waals surface area (Å²) in [6.45, 7) is 4.52. The maximum absolute atomic E-state index is 14.3. The molecule has 2 amide bonds. The van der Waals surface area contributed by atoms with E-state index in [-0.39, 0.29) is 36.3 Å². The second kappa shape index (κ2) is 10.1. The maximum Gasteiger partial charge on any atom is 0.311 e. The summed E-state index contributed by atoms with van der Waals surface area (Å²) in [6, 6.07) is 8.33. The van der Waals surface area contributed by atoms with Gasteiger partial charge in [-0.25, -0.2) is 0 Å². The number of aliphatic hydroxyl groups is 1. The first-order chi connectivity index (χ1) is 17.4. The lowest BCUT2D eigenvalue weighted by Crippen LogP contribution is -2.58. The van der Waals surface area contributed by atoms with Crippen LogP contribution < -0.4 is 0 Å². The molecule has 192 valence electrons. The number of esters is 1. The molecule has 0 aromatic heterocycles. The standard InChI is InChI=1S/C28H34N2O5S/c1-3-9-18(2)29-14-8-13-28-23(22-21(36-28)12-7-15-35-27(22)34)25(32)30(24(28)26(29)33)20(17-31)16-19-10-5-4-6-11-19/h4-8,10-13,18,20-24,31H,3,9,14-17H2,1-2H3/t18?,20-,21+,22-,23+,24?,28+/m1/s1. The summed E-state index contributed by atoms with van der Waals surface area (Å²) in [5, 5.41) is 10.3. The SMILES string of the molecule is CCCC(C)N1CC=C[C@]23S[C@H]4C=CCOC(=O)[C@H]4[C@H]2C(=O)N([C@@H](CO)Cc2ccccc2)C3C1=O. The van der Waals surface area contributed by atoms with Crippen LogP contribution in [0.15, 0.2) is 54.6 Å². The fourth-order valence-electron chi connectivity index (χ4n) is 6.43. The van der Waals surface area contributed by atoms with Gasteiger partial charge in [0, 0.05) is 17.8 Å². The largest absolute Gasteiger partial charge is 0.461 e. The summed E-state index contributed by atoms with van der Waals surface area (Å²) in [5.41, 5.74) is 0.977. The Hall–Kier alpha value is -2.58. The molecule has 0 radical (unpaired) electrons. The molecular weight excluding hydrogens is 476 g/mol. The maximum atomic E-state index is 14.3. The molecule has 4 heterocycles. The first-order valence-electron chi connectivity index (χ1n) is 12.9. The molecule has 2 fully saturated rings. The fourth-order valence-corrected chi connectivity index (χ4v) is 8.41. The zero-order chi connectivity index (χ0) is 25.4. The van der Waals surface area contributed by atoms with Crippen molar-refractivity contribution in [1.29, 1.82) is 0 Å². The number of benzene rings is 1. The molecule has 0 bridgehead atoms. The molecular formula is C28H34N2O5S. The number of amides is 2. The van der Waals surface area contributed by atoms with E-state index in [1.165, 1.54) is 11.8 Å². The summed E-state index contributed by atoms with van der Waals surface area (Å²) >= 11 is 1.53. The van der Waals surface area contributed by atoms with Crippen LogP contribution in [0.5, 0.6) is 0 Å². The fraction of sp³-hybridized carbons (Fsp3) is 0.536. The summed E-state index contributed by atoms with van der Waals surface area (Å²) in [6.07, 6.45) is 10.0. The van der Waals surface area contributed by atoms with Gasteiger partial charge in [-0.15, -0.1) is 11.8 Å². The Bertz CT molecular complexity index is 1070. The average Bonchev–Trinajstić information content (AvgIpc) is 3.17. The number of nitrogens with zero attached hydrogens (tertiary/aromatic N) is 2. The van der Waals surface area contributed by atoms with E-state index >= 15 is 0 Å². The smallest absolute Gasteiger partial charge is 0.311 e. The molecule has 1 aromatic rings. The van der Waals surface area contributed by atoms with Crippen molar-refractivity contribution in [3.8, 4) is 0 Å². The van der Waals surface area contributed by atoms with Gasteiger partial charge in [0.25, 0.3) is 0 Å². The Balaban J connectivity index is 1.61. The second-order valence-corrected chi connectivity index (χ2v) is 11.7. The van der Waals surface area contributed by atoms with Crippen molar-refractivity contribution in [2.24, 2.45) is 11.8 Å². The molecule has 8 heteroatoms. The zero-order valence-corrected chi connectivity index (χ0v) is 21.6. The van der Waals surface area contributed by atoms with Gasteiger partial charge in [0.2, 0.25) is 11.8 Å². The summed E-state index contributed by atoms with van der Waals surface area (Å²) in [7, 11) is 0. The zero-order valence-electron chi connectivity index (χ0n) is 20.8. The van der Waals surface area contributed by atoms with Crippen molar-refractivity contribution in [2.45, 2.75) is 61.2 Å². The lowest BCUT2D eigenvalue weighted by Gasteiger charge is -2.40. The van der Waals surface area contributed by atoms with Gasteiger partial charge in [-0.05, 0) is 25.3 Å². The third-order valence-electron chi connectivity index (χ3n) is 8.04. The first-order valence-corrected chi connectivity index (χ1v) is 13.8. The Morgan fingerprint density at radius 3 is 2.67 bits per heavy atom. The average molecular weight is 511 g/mol. The highest BCUT2D eigenvalue weighted by atomic mass is 32.2. The van der Waals surface area contributed by atoms with E-state index < -0.39 is 34.6 Å². The molecule has 2 unspecified atom stereocenters. The third kappa shape index (κ3) is 3.98. The van der Waals surface area contributed by atoms with Gasteiger partial charge >= 0.3 is 5.97 Å². The number of ether oxygens (including phenoxy) is 1. The molecule has 1 aromatic carbocycles. The van der Waals surface area contributed by atoms with Crippen LogP contribution in [0.3, 0.4) is 0 Å². The van der Waals surface area contributed by atoms with Gasteiger partial charge in [-0.3, -0.25) is 14.4 Å². The molecule has 2 saturated heterocycles. The van der Waals surface area contributed by atoms with E-state index in [9.17, 15) is 19.5 Å². The number of carbonyl (C=O) groups excluding carboxylic acids is 3. The Kier molecular flexibility index (Phi) is 7.01. The van der Waals surface area contributed by atoms with Gasteiger partial charge in [-0.1, -0.05) is 68.0 Å². The van der Waals surface area contributed by atoms with Gasteiger partial charge in [-0.2, -0.15) is 0 Å². The highest BCUT2D eigenvalue weighted by Crippen LogP contribution is 2.61. The number of likely N-dealkylation sites (tertiary alicyclic amines) is 1. The molecule has 1 spiro atoms. The lowest BCUT2D eigenvalue weighted by molar-refractivity contribution is -0.152. The van der Waals surface area contributed by atoms with Gasteiger partial charge < -0.3 is 19.6 Å². The minimum Gasteiger partial charge on any atom is -0.461 e. The van der Waals surface area contributed by atoms with Crippen molar-refractivity contribution >= 4 is 29.5 Å². The number of aliphatic hydroxyl groups excluding tert-OH is 1. The van der Waals surface area contributed by atoms with Crippen LogP contribution in [0.25, 0.3) is 0 Å². The number of rotatable bonds is 7. The molecule has 36 heavy (non-hydrogen) atoms. The number of hydrogen-bond donors (Lipinski definition) is 1. The van der Waals surface area contributed by atoms with Crippen LogP contribution >= 0.6 is 11.8 Å². The molecule has 0 aliphatic carbocycles. The van der Waals surface area contributed by atoms with Crippen molar-refractivity contribution in [1.82, 2.24) is 9.80 Å². The Morgan fingerprint density at radius 1 is 1.17 bits per heavy atom. The Morgan fingerprint density at radius 2 is 1.94 bits per heavy atom. The highest BCUT2D eigenvalue weighted by Gasteiger charge is 2.71. The number of thioether (sulfide) groups is 1. The normalized spacial score (nSPS) is 32.9. The minimum absolute atomic E-state index is 0.0155. The van der Waals surface area contributed by atoms with Gasteiger partial charge in [0.1, 0.15) is 12.6 Å². The molecule has 4 aliphatic heterocycles. The second-order valence-electron chi connectivity index (χ2n) is 10.2. The van der Waals surface area contributed by atoms with E-state index in [0.717, 1.165) is 18.4 Å². The number of cyclic esters (lactones) is 1. The third-order valence-corrected chi connectivity index (χ3v) is 9.78. The molecule has 7 atom stereocenters. The van der Waals surface area contributed by atoms with E-state index in [1.54, 1.807) is 4.90 Å². The summed E-state index contributed by atoms with van der Waals surface area (Å²) in [4.78, 5) is 45.2. The number of fused-ring (bicyclic) bond motifs is 2. The number of hydrogen-bond acceptors (Lipinski definition) is 6. The highest BCUT2D eigenvalue weighted by molar-refractivity contribution is 8.02. The van der Waals surface area contributed by atoms with E-state index in [0.29, 0.717) is 13.0 Å². The predicted octanol–water partition coefficient (Wildman–Crippen LogP) is 2.59. The molecule has 1 N–H and O–H groups in total. The monoisotopic (exact) mass is 510 g/mol. The number of carbonyl (C=O) groups is 3. The van der Waals surface area contributed by atoms with E-state index in [1.807, 2.05) is 66.5 Å². The van der Waals surface area contributed by atoms with Crippen LogP contribution in [0.4, 0.5) is 0 Å². The van der Waals surface area contributed by atoms with E-state index in [4.69, 9.17) is 4.74 Å². The Labute approximate surface area is 216 Å². The molecule has 0 saturated carbocycles. The van der Waals surface area contributed by atoms with Crippen molar-refractivity contribution in [3.63, 3.8) is 0 Å². The van der Waals surface area contributed by atoms with E-state index in [2.05, 4.69) is 6.92 Å². The van der Waals surface area contributed by atoms with Crippen LogP contribution in [0.1, 0.15) is 32.3 Å². The van der Waals surface area contributed by atoms with Crippen molar-refractivity contribution in [3.05, 3.63) is 60.2 Å². The summed E-state index contributed by atoms with van der Waals surface area (Å²) in [5.74, 6) is -2.13. The minimum atomic E-state index is -0.894. The van der Waals surface area contributed by atoms with Crippen LogP contribution in [-0.2, 0) is 25.5 Å². The predicted molar refractivity (Wildman–Crippen MR) is 138 cm³/mol. The van der Waals surface area contributed by atoms with Crippen LogP contribution in [-0.4, -0.2) is 80.6 Å².